The first kappa shape index (κ1) is 16.8. The third-order valence-electron chi connectivity index (χ3n) is 4.58. The van der Waals surface area contributed by atoms with Crippen molar-refractivity contribution in [2.24, 2.45) is 5.92 Å². The third kappa shape index (κ3) is 3.24. The Labute approximate surface area is 156 Å². The molecule has 134 valence electrons. The lowest BCUT2D eigenvalue weighted by molar-refractivity contribution is -0.126. The molecule has 1 amide bonds. The Bertz CT molecular complexity index is 920. The Balaban J connectivity index is 1.46. The summed E-state index contributed by atoms with van der Waals surface area (Å²) in [5.41, 5.74) is 1.97. The predicted octanol–water partition coefficient (Wildman–Crippen LogP) is 3.73. The molecule has 0 saturated carbocycles. The van der Waals surface area contributed by atoms with E-state index < -0.39 is 0 Å². The SMILES string of the molecule is COc1ccc2c(c1)CC(C(=O)NC(C)c1nc3ccccc3s1)CO2. The molecule has 2 heterocycles. The minimum absolute atomic E-state index is 0.00905. The summed E-state index contributed by atoms with van der Waals surface area (Å²) in [4.78, 5) is 17.3. The van der Waals surface area contributed by atoms with Crippen molar-refractivity contribution in [3.05, 3.63) is 53.0 Å². The molecule has 6 heteroatoms. The van der Waals surface area contributed by atoms with Crippen LogP contribution in [0.15, 0.2) is 42.5 Å². The molecule has 0 radical (unpaired) electrons. The third-order valence-corrected chi connectivity index (χ3v) is 5.80. The van der Waals surface area contributed by atoms with Crippen LogP contribution in [0.5, 0.6) is 11.5 Å². The number of rotatable bonds is 4. The summed E-state index contributed by atoms with van der Waals surface area (Å²) in [6.07, 6.45) is 0.644. The van der Waals surface area contributed by atoms with E-state index in [1.165, 1.54) is 0 Å². The fourth-order valence-corrected chi connectivity index (χ4v) is 4.10. The van der Waals surface area contributed by atoms with E-state index in [0.717, 1.165) is 32.3 Å². The molecule has 1 aliphatic rings. The Hall–Kier alpha value is -2.60. The van der Waals surface area contributed by atoms with Gasteiger partial charge in [-0.3, -0.25) is 4.79 Å². The summed E-state index contributed by atoms with van der Waals surface area (Å²) in [6, 6.07) is 13.6. The number of thiazole rings is 1. The molecular formula is C20H20N2O3S. The smallest absolute Gasteiger partial charge is 0.227 e. The van der Waals surface area contributed by atoms with Gasteiger partial charge in [0.1, 0.15) is 23.1 Å². The van der Waals surface area contributed by atoms with Gasteiger partial charge in [-0.2, -0.15) is 0 Å². The van der Waals surface area contributed by atoms with Gasteiger partial charge in [0.05, 0.1) is 29.3 Å². The summed E-state index contributed by atoms with van der Waals surface area (Å²) in [7, 11) is 1.63. The second-order valence-electron chi connectivity index (χ2n) is 6.44. The molecule has 1 aliphatic heterocycles. The van der Waals surface area contributed by atoms with Gasteiger partial charge in [0, 0.05) is 0 Å². The molecule has 1 aromatic heterocycles. The van der Waals surface area contributed by atoms with E-state index >= 15 is 0 Å². The number of hydrogen-bond acceptors (Lipinski definition) is 5. The highest BCUT2D eigenvalue weighted by atomic mass is 32.1. The van der Waals surface area contributed by atoms with Crippen LogP contribution in [0.4, 0.5) is 0 Å². The molecule has 4 rings (SSSR count). The van der Waals surface area contributed by atoms with E-state index in [0.29, 0.717) is 13.0 Å². The van der Waals surface area contributed by atoms with Crippen molar-refractivity contribution in [3.63, 3.8) is 0 Å². The molecule has 2 aromatic carbocycles. The lowest BCUT2D eigenvalue weighted by atomic mass is 9.95. The molecule has 26 heavy (non-hydrogen) atoms. The van der Waals surface area contributed by atoms with Crippen molar-refractivity contribution < 1.29 is 14.3 Å². The van der Waals surface area contributed by atoms with Crippen LogP contribution in [-0.4, -0.2) is 24.6 Å². The van der Waals surface area contributed by atoms with E-state index in [9.17, 15) is 4.79 Å². The standard InChI is InChI=1S/C20H20N2O3S/c1-12(20-22-16-5-3-4-6-18(16)26-20)21-19(23)14-9-13-10-15(24-2)7-8-17(13)25-11-14/h3-8,10,12,14H,9,11H2,1-2H3,(H,21,23). The predicted molar refractivity (Wildman–Crippen MR) is 102 cm³/mol. The second kappa shape index (κ2) is 6.96. The average Bonchev–Trinajstić information content (AvgIpc) is 3.11. The molecule has 0 saturated heterocycles. The van der Waals surface area contributed by atoms with Crippen molar-refractivity contribution >= 4 is 27.5 Å². The minimum atomic E-state index is -0.216. The first-order chi connectivity index (χ1) is 12.6. The molecule has 0 bridgehead atoms. The zero-order valence-electron chi connectivity index (χ0n) is 14.7. The minimum Gasteiger partial charge on any atom is -0.497 e. The maximum atomic E-state index is 12.7. The Kier molecular flexibility index (Phi) is 4.51. The molecule has 3 aromatic rings. The number of carbonyl (C=O) groups is 1. The summed E-state index contributed by atoms with van der Waals surface area (Å²) < 4.78 is 12.2. The Morgan fingerprint density at radius 2 is 2.19 bits per heavy atom. The topological polar surface area (TPSA) is 60.5 Å². The Morgan fingerprint density at radius 1 is 1.35 bits per heavy atom. The van der Waals surface area contributed by atoms with Gasteiger partial charge in [-0.15, -0.1) is 11.3 Å². The second-order valence-corrected chi connectivity index (χ2v) is 7.50. The number of nitrogens with zero attached hydrogens (tertiary/aromatic N) is 1. The highest BCUT2D eigenvalue weighted by Gasteiger charge is 2.28. The number of carbonyl (C=O) groups excluding carboxylic acids is 1. The largest absolute Gasteiger partial charge is 0.497 e. The van der Waals surface area contributed by atoms with E-state index in [1.807, 2.05) is 49.4 Å². The lowest BCUT2D eigenvalue weighted by Crippen LogP contribution is -2.38. The van der Waals surface area contributed by atoms with Crippen molar-refractivity contribution in [2.45, 2.75) is 19.4 Å². The maximum absolute atomic E-state index is 12.7. The van der Waals surface area contributed by atoms with E-state index in [-0.39, 0.29) is 17.9 Å². The number of ether oxygens (including phenoxy) is 2. The summed E-state index contributed by atoms with van der Waals surface area (Å²) in [5.74, 6) is 1.38. The van der Waals surface area contributed by atoms with Gasteiger partial charge < -0.3 is 14.8 Å². The van der Waals surface area contributed by atoms with E-state index in [1.54, 1.807) is 18.4 Å². The summed E-state index contributed by atoms with van der Waals surface area (Å²) >= 11 is 1.61. The van der Waals surface area contributed by atoms with Crippen LogP contribution in [0.3, 0.4) is 0 Å². The first-order valence-electron chi connectivity index (χ1n) is 8.59. The average molecular weight is 368 g/mol. The van der Waals surface area contributed by atoms with Crippen LogP contribution in [0.1, 0.15) is 23.5 Å². The van der Waals surface area contributed by atoms with Gasteiger partial charge >= 0.3 is 0 Å². The molecule has 0 fully saturated rings. The number of methoxy groups -OCH3 is 1. The van der Waals surface area contributed by atoms with Crippen molar-refractivity contribution in [3.8, 4) is 11.5 Å². The van der Waals surface area contributed by atoms with Crippen molar-refractivity contribution in [1.29, 1.82) is 0 Å². The van der Waals surface area contributed by atoms with Crippen LogP contribution in [0, 0.1) is 5.92 Å². The van der Waals surface area contributed by atoms with Gasteiger partial charge in [0.25, 0.3) is 0 Å². The maximum Gasteiger partial charge on any atom is 0.227 e. The lowest BCUT2D eigenvalue weighted by Gasteiger charge is -2.26. The highest BCUT2D eigenvalue weighted by Crippen LogP contribution is 2.31. The monoisotopic (exact) mass is 368 g/mol. The van der Waals surface area contributed by atoms with Crippen LogP contribution in [0.2, 0.25) is 0 Å². The molecule has 0 aliphatic carbocycles. The quantitative estimate of drug-likeness (QED) is 0.762. The number of para-hydroxylation sites is 1. The fraction of sp³-hybridized carbons (Fsp3) is 0.300. The van der Waals surface area contributed by atoms with Crippen LogP contribution >= 0.6 is 11.3 Å². The number of fused-ring (bicyclic) bond motifs is 2. The summed E-state index contributed by atoms with van der Waals surface area (Å²) in [6.45, 7) is 2.36. The molecule has 2 unspecified atom stereocenters. The highest BCUT2D eigenvalue weighted by molar-refractivity contribution is 7.18. The normalized spacial score (nSPS) is 17.2. The first-order valence-corrected chi connectivity index (χ1v) is 9.41. The van der Waals surface area contributed by atoms with Crippen LogP contribution in [0.25, 0.3) is 10.2 Å². The zero-order valence-corrected chi connectivity index (χ0v) is 15.5. The van der Waals surface area contributed by atoms with Gasteiger partial charge in [-0.25, -0.2) is 4.98 Å². The van der Waals surface area contributed by atoms with Crippen molar-refractivity contribution in [1.82, 2.24) is 10.3 Å². The molecule has 2 atom stereocenters. The van der Waals surface area contributed by atoms with Gasteiger partial charge in [-0.05, 0) is 49.2 Å². The molecule has 1 N–H and O–H groups in total. The van der Waals surface area contributed by atoms with E-state index in [2.05, 4.69) is 10.3 Å². The fourth-order valence-electron chi connectivity index (χ4n) is 3.13. The number of amides is 1. The number of benzene rings is 2. The van der Waals surface area contributed by atoms with Crippen LogP contribution < -0.4 is 14.8 Å². The molecule has 5 nitrogen and oxygen atoms in total. The summed E-state index contributed by atoms with van der Waals surface area (Å²) in [5, 5.41) is 4.00. The van der Waals surface area contributed by atoms with Gasteiger partial charge in [0.2, 0.25) is 5.91 Å². The molecular weight excluding hydrogens is 348 g/mol. The van der Waals surface area contributed by atoms with Gasteiger partial charge in [0.15, 0.2) is 0 Å². The van der Waals surface area contributed by atoms with Gasteiger partial charge in [-0.1, -0.05) is 12.1 Å². The van der Waals surface area contributed by atoms with Crippen LogP contribution in [-0.2, 0) is 11.2 Å². The number of hydrogen-bond donors (Lipinski definition) is 1. The Morgan fingerprint density at radius 3 is 3.00 bits per heavy atom. The number of aromatic nitrogens is 1. The molecule has 0 spiro atoms. The van der Waals surface area contributed by atoms with E-state index in [4.69, 9.17) is 9.47 Å². The van der Waals surface area contributed by atoms with Crippen molar-refractivity contribution in [2.75, 3.05) is 13.7 Å². The number of nitrogens with one attached hydrogen (secondary N) is 1. The zero-order chi connectivity index (χ0) is 18.1.